The quantitative estimate of drug-likeness (QED) is 0.0473. The van der Waals surface area contributed by atoms with Crippen molar-refractivity contribution in [3.8, 4) is 89.4 Å². The van der Waals surface area contributed by atoms with Gasteiger partial charge in [0.15, 0.2) is 0 Å². The van der Waals surface area contributed by atoms with Crippen molar-refractivity contribution in [2.75, 3.05) is 14.2 Å². The molecule has 0 bridgehead atoms. The lowest BCUT2D eigenvalue weighted by Gasteiger charge is -2.09. The van der Waals surface area contributed by atoms with Gasteiger partial charge in [0.25, 0.3) is 0 Å². The molecule has 0 amide bonds. The van der Waals surface area contributed by atoms with Crippen molar-refractivity contribution < 1.29 is 92.0 Å². The molecule has 0 aliphatic rings. The first-order valence-corrected chi connectivity index (χ1v) is 34.9. The van der Waals surface area contributed by atoms with Crippen LogP contribution in [0.1, 0.15) is 78.1 Å². The molecule has 0 spiro atoms. The molecule has 14 aromatic rings. The predicted molar refractivity (Wildman–Crippen MR) is 435 cm³/mol. The van der Waals surface area contributed by atoms with Crippen molar-refractivity contribution in [1.29, 1.82) is 0 Å². The maximum Gasteiger partial charge on any atom is 0.338 e. The minimum Gasteiger partial charge on any atom is -0.496 e. The topological polar surface area (TPSA) is 280 Å². The number of halogens is 4. The largest absolute Gasteiger partial charge is 0.496 e. The maximum atomic E-state index is 13.8. The highest BCUT2D eigenvalue weighted by atomic mass is 35.5. The highest BCUT2D eigenvalue weighted by Gasteiger charge is 2.18. The molecule has 572 valence electrons. The fraction of sp³-hybridized carbons (Fsp3) is 0.0319. The molecule has 0 fully saturated rings. The van der Waals surface area contributed by atoms with E-state index in [9.17, 15) is 46.7 Å². The summed E-state index contributed by atoms with van der Waals surface area (Å²) in [5.41, 5.74) is 12.3. The number of hydrogen-bond acceptors (Lipinski definition) is 9. The third-order valence-electron chi connectivity index (χ3n) is 16.9. The second kappa shape index (κ2) is 42.1. The Balaban J connectivity index is 0.000000167. The predicted octanol–water partition coefficient (Wildman–Crippen LogP) is 22.8. The third-order valence-corrected chi connectivity index (χ3v) is 17.2. The first-order chi connectivity index (χ1) is 54.9. The van der Waals surface area contributed by atoms with E-state index in [1.54, 1.807) is 111 Å². The number of rotatable bonds is 16. The van der Waals surface area contributed by atoms with E-state index in [1.807, 2.05) is 195 Å². The first-order valence-electron chi connectivity index (χ1n) is 34.5. The number of carboxylic acids is 7. The van der Waals surface area contributed by atoms with Gasteiger partial charge < -0.3 is 45.2 Å². The Kier molecular flexibility index (Phi) is 31.3. The summed E-state index contributed by atoms with van der Waals surface area (Å²) < 4.78 is 50.7. The second-order valence-corrected chi connectivity index (χ2v) is 24.7. The van der Waals surface area contributed by atoms with Crippen LogP contribution in [0.4, 0.5) is 13.2 Å². The van der Waals surface area contributed by atoms with Gasteiger partial charge in [-0.2, -0.15) is 0 Å². The third kappa shape index (κ3) is 24.0. The van der Waals surface area contributed by atoms with E-state index in [0.29, 0.717) is 39.3 Å². The number of carboxylic acid groups (broad SMARTS) is 7. The molecule has 0 saturated carbocycles. The van der Waals surface area contributed by atoms with Crippen LogP contribution in [0.25, 0.3) is 77.9 Å². The highest BCUT2D eigenvalue weighted by Crippen LogP contribution is 2.34. The Morgan fingerprint density at radius 3 is 0.974 bits per heavy atom. The van der Waals surface area contributed by atoms with Gasteiger partial charge in [-0.15, -0.1) is 0 Å². The molecule has 16 nitrogen and oxygen atoms in total. The molecule has 114 heavy (non-hydrogen) atoms. The van der Waals surface area contributed by atoms with Gasteiger partial charge in [0.2, 0.25) is 0 Å². The molecule has 0 heterocycles. The second-order valence-electron chi connectivity index (χ2n) is 24.3. The average molecular weight is 1550 g/mol. The Morgan fingerprint density at radius 1 is 0.263 bits per heavy atom. The van der Waals surface area contributed by atoms with Crippen molar-refractivity contribution in [3.05, 3.63) is 407 Å². The summed E-state index contributed by atoms with van der Waals surface area (Å²) in [6.45, 7) is 1.84. The number of methoxy groups -OCH3 is 2. The zero-order valence-electron chi connectivity index (χ0n) is 61.1. The van der Waals surface area contributed by atoms with Crippen LogP contribution < -0.4 is 9.47 Å². The van der Waals surface area contributed by atoms with Crippen molar-refractivity contribution >= 4 is 53.4 Å². The van der Waals surface area contributed by atoms with Crippen LogP contribution in [-0.4, -0.2) is 91.8 Å². The molecule has 0 unspecified atom stereocenters. The van der Waals surface area contributed by atoms with Gasteiger partial charge in [0.1, 0.15) is 29.0 Å². The number of hydrogen-bond donors (Lipinski definition) is 7. The van der Waals surface area contributed by atoms with Crippen molar-refractivity contribution in [1.82, 2.24) is 0 Å². The van der Waals surface area contributed by atoms with Gasteiger partial charge >= 0.3 is 41.8 Å². The molecule has 0 aromatic heterocycles. The molecule has 20 heteroatoms. The summed E-state index contributed by atoms with van der Waals surface area (Å²) in [6.07, 6.45) is 0. The minimum atomic E-state index is -1.25. The number of benzene rings is 14. The standard InChI is InChI=1S/2C14H12O3.C14H12O2.C13H9ClO2.3C13H9FO2/c2*1-17-13-8-7-11(14(15)16)9-12(13)10-5-3-2-4-6-10;1-10-12(11-6-3-2-4-7-11)8-5-9-13(10)14(15)16;14-12-7-6-10(8-11(12)13(15)16)9-4-2-1-3-5-9;14-12-10(9-5-2-1-3-6-9)7-4-8-11(12)13(15)16;14-12-7-10(6-11(8-12)13(15)16)9-4-2-1-3-5-9;14-12-7-6-10(8-11(12)13(15)16)9-4-2-1-3-5-9/h2*2-9H,1H3,(H,15,16);2-9H,1H3,(H,15,16);4*1-8H,(H,15,16). The van der Waals surface area contributed by atoms with E-state index in [1.165, 1.54) is 48.5 Å². The molecule has 14 aromatic carbocycles. The Bertz CT molecular complexity index is 5300. The van der Waals surface area contributed by atoms with Crippen LogP contribution in [0.5, 0.6) is 11.5 Å². The number of ether oxygens (including phenoxy) is 2. The Labute approximate surface area is 659 Å². The van der Waals surface area contributed by atoms with Crippen molar-refractivity contribution in [2.24, 2.45) is 0 Å². The van der Waals surface area contributed by atoms with E-state index in [0.717, 1.165) is 67.3 Å². The van der Waals surface area contributed by atoms with Crippen LogP contribution in [0, 0.1) is 24.4 Å². The number of carbonyl (C=O) groups is 7. The van der Waals surface area contributed by atoms with E-state index in [-0.39, 0.29) is 38.4 Å². The monoisotopic (exact) mass is 1550 g/mol. The van der Waals surface area contributed by atoms with Gasteiger partial charge in [0, 0.05) is 16.7 Å². The highest BCUT2D eigenvalue weighted by molar-refractivity contribution is 6.33. The Morgan fingerprint density at radius 2 is 0.596 bits per heavy atom. The van der Waals surface area contributed by atoms with Crippen LogP contribution in [-0.2, 0) is 0 Å². The molecule has 7 N–H and O–H groups in total. The molecule has 0 saturated heterocycles. The van der Waals surface area contributed by atoms with E-state index in [4.69, 9.17) is 56.8 Å². The van der Waals surface area contributed by atoms with Crippen molar-refractivity contribution in [3.63, 3.8) is 0 Å². The lowest BCUT2D eigenvalue weighted by molar-refractivity contribution is 0.0680. The molecule has 0 aliphatic carbocycles. The van der Waals surface area contributed by atoms with Gasteiger partial charge in [-0.25, -0.2) is 46.7 Å². The van der Waals surface area contributed by atoms with Gasteiger partial charge in [0.05, 0.1) is 58.2 Å². The fourth-order valence-electron chi connectivity index (χ4n) is 11.2. The van der Waals surface area contributed by atoms with E-state index >= 15 is 0 Å². The van der Waals surface area contributed by atoms with E-state index in [2.05, 4.69) is 0 Å². The summed E-state index contributed by atoms with van der Waals surface area (Å²) >= 11 is 5.80. The molecule has 0 radical (unpaired) electrons. The summed E-state index contributed by atoms with van der Waals surface area (Å²) in [7, 11) is 3.14. The molecule has 14 rings (SSSR count). The lowest BCUT2D eigenvalue weighted by Crippen LogP contribution is -2.01. The normalized spacial score (nSPS) is 10.0. The Hall–Kier alpha value is -15.0. The van der Waals surface area contributed by atoms with Gasteiger partial charge in [-0.05, 0) is 165 Å². The van der Waals surface area contributed by atoms with Crippen LogP contribution >= 0.6 is 11.6 Å². The van der Waals surface area contributed by atoms with Crippen molar-refractivity contribution in [2.45, 2.75) is 6.92 Å². The fourth-order valence-corrected chi connectivity index (χ4v) is 11.4. The van der Waals surface area contributed by atoms with Crippen LogP contribution in [0.2, 0.25) is 5.02 Å². The minimum absolute atomic E-state index is 0.0427. The first kappa shape index (κ1) is 84.7. The summed E-state index contributed by atoms with van der Waals surface area (Å²) in [6, 6.07) is 97.9. The van der Waals surface area contributed by atoms with Gasteiger partial charge in [-0.1, -0.05) is 260 Å². The zero-order chi connectivity index (χ0) is 82.2. The average Bonchev–Trinajstić information content (AvgIpc) is 0.854. The lowest BCUT2D eigenvalue weighted by atomic mass is 9.97. The molecule has 0 aliphatic heterocycles. The SMILES string of the molecule is COc1ccc(C(=O)O)cc1-c1ccccc1.COc1ccc(C(=O)O)cc1-c1ccccc1.Cc1c(C(=O)O)cccc1-c1ccccc1.O=C(O)c1cc(-c2ccccc2)ccc1Cl.O=C(O)c1cc(-c2ccccc2)ccc1F.O=C(O)c1cc(F)cc(-c2ccccc2)c1.O=C(O)c1cccc(-c2ccccc2)c1F. The smallest absolute Gasteiger partial charge is 0.338 e. The van der Waals surface area contributed by atoms with Crippen LogP contribution in [0.3, 0.4) is 0 Å². The molecular weight excluding hydrogens is 1480 g/mol. The van der Waals surface area contributed by atoms with Gasteiger partial charge in [-0.3, -0.25) is 0 Å². The number of aromatic carboxylic acids is 7. The van der Waals surface area contributed by atoms with Crippen LogP contribution in [0.15, 0.2) is 340 Å². The summed E-state index contributed by atoms with van der Waals surface area (Å²) in [4.78, 5) is 76.1. The molecule has 0 atom stereocenters. The van der Waals surface area contributed by atoms with E-state index < -0.39 is 59.2 Å². The zero-order valence-corrected chi connectivity index (χ0v) is 61.9. The summed E-state index contributed by atoms with van der Waals surface area (Å²) in [5, 5.41) is 62.6. The molecular formula is C94H72ClF3O16. The maximum absolute atomic E-state index is 13.8. The summed E-state index contributed by atoms with van der Waals surface area (Å²) in [5.74, 6) is -8.02.